The third kappa shape index (κ3) is 6.14. The molecule has 1 aromatic heterocycles. The summed E-state index contributed by atoms with van der Waals surface area (Å²) >= 11 is 0. The van der Waals surface area contributed by atoms with Gasteiger partial charge in [-0.05, 0) is 80.5 Å². The Hall–Kier alpha value is -3.60. The van der Waals surface area contributed by atoms with Crippen LogP contribution in [0.5, 0.6) is 5.75 Å². The number of aromatic nitrogens is 2. The summed E-state index contributed by atoms with van der Waals surface area (Å²) in [6, 6.07) is 22.5. The largest absolute Gasteiger partial charge is 0.494 e. The lowest BCUT2D eigenvalue weighted by atomic mass is 9.99. The molecule has 1 unspecified atom stereocenters. The van der Waals surface area contributed by atoms with Crippen LogP contribution in [0.3, 0.4) is 0 Å². The van der Waals surface area contributed by atoms with Crippen LogP contribution in [0.25, 0.3) is 11.0 Å². The maximum Gasteiger partial charge on any atom is 0.251 e. The first kappa shape index (κ1) is 25.5. The molecule has 5 heteroatoms. The van der Waals surface area contributed by atoms with Gasteiger partial charge >= 0.3 is 0 Å². The van der Waals surface area contributed by atoms with E-state index in [0.29, 0.717) is 24.6 Å². The number of nitrogens with one attached hydrogen (secondary N) is 1. The van der Waals surface area contributed by atoms with E-state index in [2.05, 4.69) is 54.1 Å². The van der Waals surface area contributed by atoms with Gasteiger partial charge in [-0.15, -0.1) is 0 Å². The minimum atomic E-state index is -0.0705. The molecule has 0 fully saturated rings. The number of carbonyl (C=O) groups is 1. The second-order valence-electron chi connectivity index (χ2n) is 9.60. The average molecular weight is 484 g/mol. The molecule has 5 nitrogen and oxygen atoms in total. The van der Waals surface area contributed by atoms with E-state index in [-0.39, 0.29) is 5.91 Å². The number of ether oxygens (including phenoxy) is 1. The lowest BCUT2D eigenvalue weighted by molar-refractivity contribution is 0.0949. The Balaban J connectivity index is 1.34. The van der Waals surface area contributed by atoms with Crippen LogP contribution in [0.1, 0.15) is 71.9 Å². The second kappa shape index (κ2) is 11.9. The van der Waals surface area contributed by atoms with E-state index < -0.39 is 0 Å². The van der Waals surface area contributed by atoms with E-state index in [4.69, 9.17) is 9.72 Å². The molecule has 0 bridgehead atoms. The van der Waals surface area contributed by atoms with E-state index in [0.717, 1.165) is 59.5 Å². The van der Waals surface area contributed by atoms with Gasteiger partial charge in [0, 0.05) is 12.1 Å². The number of hydrogen-bond acceptors (Lipinski definition) is 3. The summed E-state index contributed by atoms with van der Waals surface area (Å²) in [4.78, 5) is 17.6. The number of imidazole rings is 1. The van der Waals surface area contributed by atoms with Crippen LogP contribution < -0.4 is 10.1 Å². The molecule has 0 spiro atoms. The highest BCUT2D eigenvalue weighted by Gasteiger charge is 2.14. The van der Waals surface area contributed by atoms with Crippen molar-refractivity contribution in [2.45, 2.75) is 66.0 Å². The molecule has 0 radical (unpaired) electrons. The van der Waals surface area contributed by atoms with Crippen molar-refractivity contribution in [2.75, 3.05) is 6.61 Å². The highest BCUT2D eigenvalue weighted by molar-refractivity contribution is 5.95. The predicted molar refractivity (Wildman–Crippen MR) is 147 cm³/mol. The van der Waals surface area contributed by atoms with Crippen molar-refractivity contribution in [3.8, 4) is 5.75 Å². The Kier molecular flexibility index (Phi) is 8.42. The van der Waals surface area contributed by atoms with Crippen molar-refractivity contribution in [1.29, 1.82) is 0 Å². The first-order chi connectivity index (χ1) is 17.5. The molecule has 0 saturated heterocycles. The minimum absolute atomic E-state index is 0.0705. The molecule has 1 amide bonds. The fourth-order valence-corrected chi connectivity index (χ4v) is 4.52. The van der Waals surface area contributed by atoms with Gasteiger partial charge in [-0.1, -0.05) is 55.8 Å². The summed E-state index contributed by atoms with van der Waals surface area (Å²) in [5, 5.41) is 3.07. The summed E-state index contributed by atoms with van der Waals surface area (Å²) in [6.45, 7) is 10.4. The number of rotatable bonds is 11. The van der Waals surface area contributed by atoms with Crippen LogP contribution in [-0.2, 0) is 13.1 Å². The topological polar surface area (TPSA) is 56.1 Å². The molecule has 3 aromatic carbocycles. The zero-order valence-electron chi connectivity index (χ0n) is 21.9. The average Bonchev–Trinajstić information content (AvgIpc) is 3.24. The van der Waals surface area contributed by atoms with Crippen LogP contribution in [0.2, 0.25) is 0 Å². The molecule has 0 saturated carbocycles. The van der Waals surface area contributed by atoms with Gasteiger partial charge in [0.25, 0.3) is 5.91 Å². The zero-order chi connectivity index (χ0) is 25.5. The summed E-state index contributed by atoms with van der Waals surface area (Å²) in [6.07, 6.45) is 3.04. The zero-order valence-corrected chi connectivity index (χ0v) is 21.9. The van der Waals surface area contributed by atoms with Crippen molar-refractivity contribution >= 4 is 16.9 Å². The molecule has 0 aliphatic heterocycles. The smallest absolute Gasteiger partial charge is 0.251 e. The molecular weight excluding hydrogens is 446 g/mol. The van der Waals surface area contributed by atoms with E-state index >= 15 is 0 Å². The number of nitrogens with zero attached hydrogens (tertiary/aromatic N) is 2. The van der Waals surface area contributed by atoms with Crippen LogP contribution in [-0.4, -0.2) is 22.1 Å². The van der Waals surface area contributed by atoms with E-state index in [9.17, 15) is 4.79 Å². The fourth-order valence-electron chi connectivity index (χ4n) is 4.52. The van der Waals surface area contributed by atoms with Crippen molar-refractivity contribution < 1.29 is 9.53 Å². The monoisotopic (exact) mass is 483 g/mol. The van der Waals surface area contributed by atoms with Gasteiger partial charge in [-0.2, -0.15) is 0 Å². The molecule has 1 N–H and O–H groups in total. The fraction of sp³-hybridized carbons (Fsp3) is 0.355. The van der Waals surface area contributed by atoms with Crippen molar-refractivity contribution in [1.82, 2.24) is 14.9 Å². The van der Waals surface area contributed by atoms with E-state index in [1.807, 2.05) is 50.2 Å². The standard InChI is InChI=1S/C31H37N3O2/c1-5-23(3)25-13-15-26(16-14-25)36-19-9-8-18-34-29-11-7-6-10-28(29)33-30(34)21-32-31(35)27-17-12-22(2)20-24(27)4/h6-7,10-17,20,23H,5,8-9,18-19,21H2,1-4H3,(H,32,35). The first-order valence-electron chi connectivity index (χ1n) is 13.0. The highest BCUT2D eigenvalue weighted by atomic mass is 16.5. The van der Waals surface area contributed by atoms with E-state index in [1.165, 1.54) is 5.56 Å². The Morgan fingerprint density at radius 3 is 2.56 bits per heavy atom. The van der Waals surface area contributed by atoms with Gasteiger partial charge in [0.05, 0.1) is 24.2 Å². The molecule has 1 heterocycles. The third-order valence-electron chi connectivity index (χ3n) is 6.87. The van der Waals surface area contributed by atoms with Crippen molar-refractivity contribution in [3.63, 3.8) is 0 Å². The summed E-state index contributed by atoms with van der Waals surface area (Å²) in [5.41, 5.74) is 6.24. The van der Waals surface area contributed by atoms with Crippen LogP contribution >= 0.6 is 0 Å². The third-order valence-corrected chi connectivity index (χ3v) is 6.87. The van der Waals surface area contributed by atoms with Crippen LogP contribution in [0.4, 0.5) is 0 Å². The van der Waals surface area contributed by atoms with Crippen LogP contribution in [0, 0.1) is 13.8 Å². The summed E-state index contributed by atoms with van der Waals surface area (Å²) in [7, 11) is 0. The van der Waals surface area contributed by atoms with Crippen molar-refractivity contribution in [3.05, 3.63) is 94.8 Å². The number of unbranched alkanes of at least 4 members (excludes halogenated alkanes) is 1. The van der Waals surface area contributed by atoms with Crippen LogP contribution in [0.15, 0.2) is 66.7 Å². The number of para-hydroxylation sites is 2. The summed E-state index contributed by atoms with van der Waals surface area (Å²) < 4.78 is 8.20. The number of fused-ring (bicyclic) bond motifs is 1. The Bertz CT molecular complexity index is 1310. The number of benzene rings is 3. The molecule has 188 valence electrons. The number of amides is 1. The molecule has 0 aliphatic carbocycles. The van der Waals surface area contributed by atoms with Gasteiger partial charge in [0.1, 0.15) is 11.6 Å². The first-order valence-corrected chi connectivity index (χ1v) is 13.0. The Labute approximate surface area is 214 Å². The van der Waals surface area contributed by atoms with Gasteiger partial charge in [-0.25, -0.2) is 4.98 Å². The molecule has 0 aliphatic rings. The predicted octanol–water partition coefficient (Wildman–Crippen LogP) is 6.96. The maximum absolute atomic E-state index is 12.8. The van der Waals surface area contributed by atoms with E-state index in [1.54, 1.807) is 0 Å². The summed E-state index contributed by atoms with van der Waals surface area (Å²) in [5.74, 6) is 2.30. The van der Waals surface area contributed by atoms with Gasteiger partial charge in [0.2, 0.25) is 0 Å². The molecular formula is C31H37N3O2. The SMILES string of the molecule is CCC(C)c1ccc(OCCCCn2c(CNC(=O)c3ccc(C)cc3C)nc3ccccc32)cc1. The Morgan fingerprint density at radius 1 is 1.03 bits per heavy atom. The van der Waals surface area contributed by atoms with Gasteiger partial charge < -0.3 is 14.6 Å². The lowest BCUT2D eigenvalue weighted by Gasteiger charge is -2.12. The molecule has 4 aromatic rings. The van der Waals surface area contributed by atoms with Gasteiger partial charge in [0.15, 0.2) is 0 Å². The minimum Gasteiger partial charge on any atom is -0.494 e. The van der Waals surface area contributed by atoms with Crippen molar-refractivity contribution in [2.24, 2.45) is 0 Å². The molecule has 4 rings (SSSR count). The Morgan fingerprint density at radius 2 is 1.81 bits per heavy atom. The second-order valence-corrected chi connectivity index (χ2v) is 9.60. The quantitative estimate of drug-likeness (QED) is 0.235. The lowest BCUT2D eigenvalue weighted by Crippen LogP contribution is -2.25. The number of hydrogen-bond donors (Lipinski definition) is 1. The normalized spacial score (nSPS) is 12.0. The number of carbonyl (C=O) groups excluding carboxylic acids is 1. The molecule has 36 heavy (non-hydrogen) atoms. The number of aryl methyl sites for hydroxylation is 3. The highest BCUT2D eigenvalue weighted by Crippen LogP contribution is 2.22. The maximum atomic E-state index is 12.8. The molecule has 1 atom stereocenters. The van der Waals surface area contributed by atoms with Gasteiger partial charge in [-0.3, -0.25) is 4.79 Å².